The largest absolute Gasteiger partial charge is 0.337 e. The number of thiazole rings is 1. The van der Waals surface area contributed by atoms with Gasteiger partial charge < -0.3 is 10.6 Å². The van der Waals surface area contributed by atoms with Gasteiger partial charge in [-0.1, -0.05) is 29.8 Å². The minimum Gasteiger partial charge on any atom is -0.337 e. The van der Waals surface area contributed by atoms with E-state index in [0.717, 1.165) is 36.5 Å². The maximum absolute atomic E-state index is 12.7. The van der Waals surface area contributed by atoms with Crippen molar-refractivity contribution in [1.29, 1.82) is 0 Å². The first kappa shape index (κ1) is 16.4. The van der Waals surface area contributed by atoms with Crippen LogP contribution in [-0.4, -0.2) is 34.9 Å². The van der Waals surface area contributed by atoms with Crippen LogP contribution in [0.4, 0.5) is 0 Å². The van der Waals surface area contributed by atoms with Crippen molar-refractivity contribution in [3.63, 3.8) is 0 Å². The number of hydrogen-bond donors (Lipinski definition) is 1. The van der Waals surface area contributed by atoms with Crippen LogP contribution in [0.15, 0.2) is 29.6 Å². The molecule has 4 nitrogen and oxygen atoms in total. The highest BCUT2D eigenvalue weighted by molar-refractivity contribution is 7.13. The van der Waals surface area contributed by atoms with Gasteiger partial charge in [0.15, 0.2) is 0 Å². The molecule has 1 saturated heterocycles. The third-order valence-corrected chi connectivity index (χ3v) is 5.52. The van der Waals surface area contributed by atoms with E-state index in [-0.39, 0.29) is 11.9 Å². The van der Waals surface area contributed by atoms with Gasteiger partial charge in [-0.25, -0.2) is 4.98 Å². The average molecular weight is 350 g/mol. The minimum absolute atomic E-state index is 0.00935. The van der Waals surface area contributed by atoms with E-state index in [1.54, 1.807) is 0 Å². The molecule has 0 saturated carbocycles. The molecule has 0 bridgehead atoms. The predicted molar refractivity (Wildman–Crippen MR) is 94.8 cm³/mol. The average Bonchev–Trinajstić information content (AvgIpc) is 3.04. The second kappa shape index (κ2) is 6.99. The molecule has 2 atom stereocenters. The number of carbonyl (C=O) groups excluding carboxylic acids is 1. The molecule has 1 aliphatic heterocycles. The molecule has 1 aromatic heterocycles. The van der Waals surface area contributed by atoms with Crippen molar-refractivity contribution in [1.82, 2.24) is 9.88 Å². The number of carbonyl (C=O) groups is 1. The van der Waals surface area contributed by atoms with E-state index >= 15 is 0 Å². The molecule has 2 heterocycles. The molecule has 0 spiro atoms. The van der Waals surface area contributed by atoms with Gasteiger partial charge in [-0.3, -0.25) is 4.79 Å². The van der Waals surface area contributed by atoms with Gasteiger partial charge in [-0.2, -0.15) is 0 Å². The molecule has 1 aliphatic rings. The van der Waals surface area contributed by atoms with E-state index in [1.807, 2.05) is 41.5 Å². The molecular formula is C17H20ClN3OS. The third-order valence-electron chi connectivity index (χ3n) is 4.32. The normalized spacial score (nSPS) is 19.6. The van der Waals surface area contributed by atoms with Gasteiger partial charge in [-0.05, 0) is 31.7 Å². The van der Waals surface area contributed by atoms with Crippen LogP contribution in [0, 0.1) is 5.92 Å². The standard InChI is InChI=1S/C17H20ClN3OS/c1-11(19)12-5-4-8-21(9-12)17(22)15-10-23-16(20-15)13-6-2-3-7-14(13)18/h2-3,6-7,10-12H,4-5,8-9,19H2,1H3. The van der Waals surface area contributed by atoms with Crippen molar-refractivity contribution >= 4 is 28.8 Å². The molecule has 122 valence electrons. The fourth-order valence-electron chi connectivity index (χ4n) is 2.92. The summed E-state index contributed by atoms with van der Waals surface area (Å²) in [4.78, 5) is 19.1. The molecule has 3 rings (SSSR count). The first-order valence-corrected chi connectivity index (χ1v) is 9.07. The van der Waals surface area contributed by atoms with E-state index in [9.17, 15) is 4.79 Å². The fraction of sp³-hybridized carbons (Fsp3) is 0.412. The van der Waals surface area contributed by atoms with E-state index < -0.39 is 0 Å². The van der Waals surface area contributed by atoms with Crippen molar-refractivity contribution in [2.45, 2.75) is 25.8 Å². The zero-order chi connectivity index (χ0) is 16.4. The zero-order valence-corrected chi connectivity index (χ0v) is 14.6. The number of likely N-dealkylation sites (tertiary alicyclic amines) is 1. The number of halogens is 1. The second-order valence-electron chi connectivity index (χ2n) is 6.03. The van der Waals surface area contributed by atoms with Crippen molar-refractivity contribution in [2.24, 2.45) is 11.7 Å². The predicted octanol–water partition coefficient (Wildman–Crippen LogP) is 3.66. The summed E-state index contributed by atoms with van der Waals surface area (Å²) in [7, 11) is 0. The van der Waals surface area contributed by atoms with Gasteiger partial charge >= 0.3 is 0 Å². The lowest BCUT2D eigenvalue weighted by atomic mass is 9.92. The summed E-state index contributed by atoms with van der Waals surface area (Å²) in [5.74, 6) is 0.360. The molecule has 1 amide bonds. The van der Waals surface area contributed by atoms with Crippen LogP contribution < -0.4 is 5.73 Å². The van der Waals surface area contributed by atoms with Crippen LogP contribution in [-0.2, 0) is 0 Å². The van der Waals surface area contributed by atoms with Crippen molar-refractivity contribution < 1.29 is 4.79 Å². The van der Waals surface area contributed by atoms with Gasteiger partial charge in [0.25, 0.3) is 5.91 Å². The molecule has 1 fully saturated rings. The number of amides is 1. The molecule has 6 heteroatoms. The maximum Gasteiger partial charge on any atom is 0.273 e. The Hall–Kier alpha value is -1.43. The summed E-state index contributed by atoms with van der Waals surface area (Å²) in [6.07, 6.45) is 2.09. The number of nitrogens with two attached hydrogens (primary N) is 1. The number of rotatable bonds is 3. The minimum atomic E-state index is -0.00935. The SMILES string of the molecule is CC(N)C1CCCN(C(=O)c2csc(-c3ccccc3Cl)n2)C1. The fourth-order valence-corrected chi connectivity index (χ4v) is 4.03. The molecule has 2 aromatic rings. The monoisotopic (exact) mass is 349 g/mol. The van der Waals surface area contributed by atoms with Crippen LogP contribution in [0.5, 0.6) is 0 Å². The Bertz CT molecular complexity index is 701. The van der Waals surface area contributed by atoms with E-state index in [1.165, 1.54) is 11.3 Å². The first-order chi connectivity index (χ1) is 11.1. The zero-order valence-electron chi connectivity index (χ0n) is 13.0. The van der Waals surface area contributed by atoms with E-state index in [2.05, 4.69) is 4.98 Å². The summed E-state index contributed by atoms with van der Waals surface area (Å²) in [5.41, 5.74) is 7.36. The highest BCUT2D eigenvalue weighted by Gasteiger charge is 2.27. The highest BCUT2D eigenvalue weighted by atomic mass is 35.5. The first-order valence-electron chi connectivity index (χ1n) is 7.81. The lowest BCUT2D eigenvalue weighted by molar-refractivity contribution is 0.0656. The van der Waals surface area contributed by atoms with Crippen molar-refractivity contribution in [2.75, 3.05) is 13.1 Å². The third kappa shape index (κ3) is 3.57. The molecule has 2 unspecified atom stereocenters. The quantitative estimate of drug-likeness (QED) is 0.919. The Morgan fingerprint density at radius 1 is 1.48 bits per heavy atom. The Morgan fingerprint density at radius 3 is 3.00 bits per heavy atom. The molecule has 2 N–H and O–H groups in total. The topological polar surface area (TPSA) is 59.2 Å². The lowest BCUT2D eigenvalue weighted by Crippen LogP contribution is -2.45. The van der Waals surface area contributed by atoms with Crippen molar-refractivity contribution in [3.05, 3.63) is 40.4 Å². The van der Waals surface area contributed by atoms with Gasteiger partial charge in [-0.15, -0.1) is 11.3 Å². The molecule has 23 heavy (non-hydrogen) atoms. The highest BCUT2D eigenvalue weighted by Crippen LogP contribution is 2.30. The van der Waals surface area contributed by atoms with E-state index in [0.29, 0.717) is 16.6 Å². The van der Waals surface area contributed by atoms with Crippen LogP contribution in [0.1, 0.15) is 30.3 Å². The number of aromatic nitrogens is 1. The maximum atomic E-state index is 12.7. The Balaban J connectivity index is 1.78. The summed E-state index contributed by atoms with van der Waals surface area (Å²) < 4.78 is 0. The van der Waals surface area contributed by atoms with Crippen LogP contribution in [0.3, 0.4) is 0 Å². The molecule has 0 radical (unpaired) electrons. The van der Waals surface area contributed by atoms with Crippen LogP contribution >= 0.6 is 22.9 Å². The number of nitrogens with zero attached hydrogens (tertiary/aromatic N) is 2. The van der Waals surface area contributed by atoms with E-state index in [4.69, 9.17) is 17.3 Å². The van der Waals surface area contributed by atoms with Gasteiger partial charge in [0, 0.05) is 30.1 Å². The lowest BCUT2D eigenvalue weighted by Gasteiger charge is -2.34. The van der Waals surface area contributed by atoms with Gasteiger partial charge in [0.2, 0.25) is 0 Å². The number of piperidine rings is 1. The number of hydrogen-bond acceptors (Lipinski definition) is 4. The van der Waals surface area contributed by atoms with Crippen LogP contribution in [0.2, 0.25) is 5.02 Å². The molecular weight excluding hydrogens is 330 g/mol. The molecule has 1 aromatic carbocycles. The van der Waals surface area contributed by atoms with Crippen molar-refractivity contribution in [3.8, 4) is 10.6 Å². The number of benzene rings is 1. The molecule has 0 aliphatic carbocycles. The summed E-state index contributed by atoms with van der Waals surface area (Å²) in [6, 6.07) is 7.66. The summed E-state index contributed by atoms with van der Waals surface area (Å²) >= 11 is 7.66. The van der Waals surface area contributed by atoms with Gasteiger partial charge in [0.1, 0.15) is 10.7 Å². The smallest absolute Gasteiger partial charge is 0.273 e. The van der Waals surface area contributed by atoms with Gasteiger partial charge in [0.05, 0.1) is 5.02 Å². The summed E-state index contributed by atoms with van der Waals surface area (Å²) in [6.45, 7) is 3.51. The Morgan fingerprint density at radius 2 is 2.26 bits per heavy atom. The second-order valence-corrected chi connectivity index (χ2v) is 7.30. The Kier molecular flexibility index (Phi) is 4.99. The Labute approximate surface area is 145 Å². The van der Waals surface area contributed by atoms with Crippen LogP contribution in [0.25, 0.3) is 10.6 Å². The summed E-state index contributed by atoms with van der Waals surface area (Å²) in [5, 5.41) is 3.24.